The quantitative estimate of drug-likeness (QED) is 0.882. The molecule has 0 radical (unpaired) electrons. The van der Waals surface area contributed by atoms with Crippen molar-refractivity contribution in [2.75, 3.05) is 0 Å². The molecule has 0 saturated carbocycles. The number of benzene rings is 1. The van der Waals surface area contributed by atoms with Crippen molar-refractivity contribution in [1.82, 2.24) is 4.72 Å². The first-order chi connectivity index (χ1) is 9.03. The van der Waals surface area contributed by atoms with Gasteiger partial charge >= 0.3 is 0 Å². The van der Waals surface area contributed by atoms with E-state index in [4.69, 9.17) is 21.8 Å². The van der Waals surface area contributed by atoms with Crippen LogP contribution in [0.5, 0.6) is 0 Å². The van der Waals surface area contributed by atoms with Gasteiger partial charge in [-0.05, 0) is 23.8 Å². The van der Waals surface area contributed by atoms with Crippen LogP contribution >= 0.6 is 11.6 Å². The second-order valence-electron chi connectivity index (χ2n) is 3.91. The SMILES string of the molecule is NCc1ccc(S(=O)(=O)NCc2ccoc2)cc1Cl. The van der Waals surface area contributed by atoms with E-state index in [2.05, 4.69) is 4.72 Å². The van der Waals surface area contributed by atoms with Gasteiger partial charge < -0.3 is 10.2 Å². The molecule has 19 heavy (non-hydrogen) atoms. The number of rotatable bonds is 5. The number of sulfonamides is 1. The fourth-order valence-electron chi connectivity index (χ4n) is 1.52. The van der Waals surface area contributed by atoms with Crippen molar-refractivity contribution in [3.8, 4) is 0 Å². The third kappa shape index (κ3) is 3.36. The van der Waals surface area contributed by atoms with Crippen LogP contribution in [0.15, 0.2) is 46.1 Å². The molecule has 3 N–H and O–H groups in total. The number of hydrogen-bond acceptors (Lipinski definition) is 4. The fraction of sp³-hybridized carbons (Fsp3) is 0.167. The van der Waals surface area contributed by atoms with Gasteiger partial charge in [0.15, 0.2) is 0 Å². The summed E-state index contributed by atoms with van der Waals surface area (Å²) >= 11 is 5.95. The van der Waals surface area contributed by atoms with E-state index in [0.717, 1.165) is 5.56 Å². The van der Waals surface area contributed by atoms with E-state index < -0.39 is 10.0 Å². The molecule has 1 aromatic heterocycles. The molecule has 0 spiro atoms. The van der Waals surface area contributed by atoms with Gasteiger partial charge in [-0.25, -0.2) is 13.1 Å². The number of halogens is 1. The second-order valence-corrected chi connectivity index (χ2v) is 6.09. The van der Waals surface area contributed by atoms with Gasteiger partial charge in [0.25, 0.3) is 0 Å². The molecule has 1 aromatic carbocycles. The van der Waals surface area contributed by atoms with E-state index in [9.17, 15) is 8.42 Å². The summed E-state index contributed by atoms with van der Waals surface area (Å²) in [6.07, 6.45) is 2.96. The van der Waals surface area contributed by atoms with Gasteiger partial charge in [-0.3, -0.25) is 0 Å². The molecule has 0 atom stereocenters. The molecular formula is C12H13ClN2O3S. The van der Waals surface area contributed by atoms with E-state index in [1.807, 2.05) is 0 Å². The maximum Gasteiger partial charge on any atom is 0.240 e. The molecule has 0 aliphatic rings. The first kappa shape index (κ1) is 14.1. The lowest BCUT2D eigenvalue weighted by molar-refractivity contribution is 0.561. The molecule has 0 saturated heterocycles. The van der Waals surface area contributed by atoms with E-state index in [0.29, 0.717) is 10.6 Å². The minimum Gasteiger partial charge on any atom is -0.472 e. The van der Waals surface area contributed by atoms with Gasteiger partial charge in [-0.15, -0.1) is 0 Å². The Labute approximate surface area is 116 Å². The third-order valence-corrected chi connectivity index (χ3v) is 4.35. The van der Waals surface area contributed by atoms with Crippen molar-refractivity contribution in [3.63, 3.8) is 0 Å². The molecule has 102 valence electrons. The molecule has 7 heteroatoms. The van der Waals surface area contributed by atoms with Crippen LogP contribution in [-0.2, 0) is 23.1 Å². The lowest BCUT2D eigenvalue weighted by Crippen LogP contribution is -2.23. The van der Waals surface area contributed by atoms with Gasteiger partial charge in [-0.2, -0.15) is 0 Å². The highest BCUT2D eigenvalue weighted by atomic mass is 35.5. The highest BCUT2D eigenvalue weighted by Gasteiger charge is 2.15. The Morgan fingerprint density at radius 3 is 2.68 bits per heavy atom. The first-order valence-electron chi connectivity index (χ1n) is 5.52. The van der Waals surface area contributed by atoms with Crippen molar-refractivity contribution >= 4 is 21.6 Å². The topological polar surface area (TPSA) is 85.3 Å². The standard InChI is InChI=1S/C12H13ClN2O3S/c13-12-5-11(2-1-10(12)6-14)19(16,17)15-7-9-3-4-18-8-9/h1-5,8,15H,6-7,14H2. The first-order valence-corrected chi connectivity index (χ1v) is 7.38. The molecule has 0 unspecified atom stereocenters. The summed E-state index contributed by atoms with van der Waals surface area (Å²) in [5.74, 6) is 0. The normalized spacial score (nSPS) is 11.7. The van der Waals surface area contributed by atoms with Gasteiger partial charge in [0, 0.05) is 23.7 Å². The maximum atomic E-state index is 12.0. The number of nitrogens with one attached hydrogen (secondary N) is 1. The predicted molar refractivity (Wildman–Crippen MR) is 72.1 cm³/mol. The summed E-state index contributed by atoms with van der Waals surface area (Å²) in [6, 6.07) is 6.16. The van der Waals surface area contributed by atoms with Gasteiger partial charge in [0.2, 0.25) is 10.0 Å². The molecule has 0 aliphatic heterocycles. The summed E-state index contributed by atoms with van der Waals surface area (Å²) in [5.41, 5.74) is 6.92. The minimum atomic E-state index is -3.60. The zero-order valence-electron chi connectivity index (χ0n) is 9.97. The van der Waals surface area contributed by atoms with Crippen molar-refractivity contribution in [3.05, 3.63) is 52.9 Å². The predicted octanol–water partition coefficient (Wildman–Crippen LogP) is 1.87. The summed E-state index contributed by atoms with van der Waals surface area (Å²) < 4.78 is 31.4. The van der Waals surface area contributed by atoms with Crippen molar-refractivity contribution in [1.29, 1.82) is 0 Å². The fourth-order valence-corrected chi connectivity index (χ4v) is 2.88. The number of furan rings is 1. The van der Waals surface area contributed by atoms with Crippen LogP contribution in [0.3, 0.4) is 0 Å². The molecule has 5 nitrogen and oxygen atoms in total. The zero-order valence-corrected chi connectivity index (χ0v) is 11.5. The average Bonchev–Trinajstić information content (AvgIpc) is 2.89. The Morgan fingerprint density at radius 2 is 2.11 bits per heavy atom. The average molecular weight is 301 g/mol. The molecule has 0 aliphatic carbocycles. The Balaban J connectivity index is 2.17. The summed E-state index contributed by atoms with van der Waals surface area (Å²) in [5, 5.41) is 0.341. The smallest absolute Gasteiger partial charge is 0.240 e. The molecule has 1 heterocycles. The monoisotopic (exact) mass is 300 g/mol. The second kappa shape index (κ2) is 5.75. The highest BCUT2D eigenvalue weighted by Crippen LogP contribution is 2.20. The molecule has 0 amide bonds. The molecule has 2 aromatic rings. The Bertz CT molecular complexity index is 654. The Morgan fingerprint density at radius 1 is 1.32 bits per heavy atom. The van der Waals surface area contributed by atoms with Crippen molar-refractivity contribution in [2.24, 2.45) is 5.73 Å². The van der Waals surface area contributed by atoms with E-state index in [1.54, 1.807) is 12.1 Å². The van der Waals surface area contributed by atoms with E-state index in [-0.39, 0.29) is 18.0 Å². The lowest BCUT2D eigenvalue weighted by atomic mass is 10.2. The van der Waals surface area contributed by atoms with Crippen LogP contribution in [0.2, 0.25) is 5.02 Å². The molecule has 0 fully saturated rings. The summed E-state index contributed by atoms with van der Waals surface area (Å²) in [4.78, 5) is 0.109. The third-order valence-electron chi connectivity index (χ3n) is 2.60. The van der Waals surface area contributed by atoms with Gasteiger partial charge in [0.1, 0.15) is 0 Å². The van der Waals surface area contributed by atoms with Crippen molar-refractivity contribution < 1.29 is 12.8 Å². The molecule has 2 rings (SSSR count). The van der Waals surface area contributed by atoms with Crippen LogP contribution in [0.4, 0.5) is 0 Å². The van der Waals surface area contributed by atoms with Gasteiger partial charge in [0.05, 0.1) is 17.4 Å². The van der Waals surface area contributed by atoms with Gasteiger partial charge in [-0.1, -0.05) is 17.7 Å². The lowest BCUT2D eigenvalue weighted by Gasteiger charge is -2.08. The zero-order chi connectivity index (χ0) is 13.9. The van der Waals surface area contributed by atoms with E-state index >= 15 is 0 Å². The Kier molecular flexibility index (Phi) is 4.26. The van der Waals surface area contributed by atoms with Crippen molar-refractivity contribution in [2.45, 2.75) is 18.0 Å². The van der Waals surface area contributed by atoms with Crippen LogP contribution in [0, 0.1) is 0 Å². The highest BCUT2D eigenvalue weighted by molar-refractivity contribution is 7.89. The van der Waals surface area contributed by atoms with Crippen LogP contribution in [0.25, 0.3) is 0 Å². The summed E-state index contributed by atoms with van der Waals surface area (Å²) in [6.45, 7) is 0.427. The van der Waals surface area contributed by atoms with E-state index in [1.165, 1.54) is 24.7 Å². The molecular weight excluding hydrogens is 288 g/mol. The number of nitrogens with two attached hydrogens (primary N) is 1. The van der Waals surface area contributed by atoms with Crippen LogP contribution in [-0.4, -0.2) is 8.42 Å². The van der Waals surface area contributed by atoms with Crippen LogP contribution in [0.1, 0.15) is 11.1 Å². The Hall–Kier alpha value is -1.34. The minimum absolute atomic E-state index is 0.109. The number of hydrogen-bond donors (Lipinski definition) is 2. The van der Waals surface area contributed by atoms with Crippen LogP contribution < -0.4 is 10.5 Å². The largest absolute Gasteiger partial charge is 0.472 e. The summed E-state index contributed by atoms with van der Waals surface area (Å²) in [7, 11) is -3.60. The molecule has 0 bridgehead atoms. The maximum absolute atomic E-state index is 12.0.